The van der Waals surface area contributed by atoms with Crippen molar-refractivity contribution in [3.8, 4) is 0 Å². The first-order valence-electron chi connectivity index (χ1n) is 4.85. The predicted molar refractivity (Wildman–Crippen MR) is 52.3 cm³/mol. The minimum absolute atomic E-state index is 0.0133. The number of rotatable bonds is 3. The SMILES string of the molecule is Cn1nc(C(F)(F)F)c(CCCCl)c1C(F)(F)F. The van der Waals surface area contributed by atoms with Crippen LogP contribution in [0, 0.1) is 0 Å². The molecule has 1 heterocycles. The molecule has 0 aliphatic heterocycles. The monoisotopic (exact) mass is 294 g/mol. The summed E-state index contributed by atoms with van der Waals surface area (Å²) in [5.41, 5.74) is -3.72. The molecule has 0 unspecified atom stereocenters. The van der Waals surface area contributed by atoms with E-state index in [4.69, 9.17) is 11.6 Å². The highest BCUT2D eigenvalue weighted by Crippen LogP contribution is 2.39. The number of aryl methyl sites for hydroxylation is 1. The van der Waals surface area contributed by atoms with Crippen LogP contribution in [0.15, 0.2) is 0 Å². The van der Waals surface area contributed by atoms with E-state index >= 15 is 0 Å². The van der Waals surface area contributed by atoms with E-state index in [1.807, 2.05) is 0 Å². The zero-order chi connectivity index (χ0) is 14.1. The Kier molecular flexibility index (Phi) is 4.19. The largest absolute Gasteiger partial charge is 0.435 e. The summed E-state index contributed by atoms with van der Waals surface area (Å²) in [5, 5.41) is 2.93. The number of aromatic nitrogens is 2. The number of alkyl halides is 7. The fourth-order valence-corrected chi connectivity index (χ4v) is 1.76. The Hall–Kier alpha value is -0.920. The van der Waals surface area contributed by atoms with E-state index in [1.54, 1.807) is 0 Å². The quantitative estimate of drug-likeness (QED) is 0.615. The van der Waals surface area contributed by atoms with Crippen LogP contribution in [-0.4, -0.2) is 15.7 Å². The highest BCUT2D eigenvalue weighted by molar-refractivity contribution is 6.17. The Morgan fingerprint density at radius 1 is 1.11 bits per heavy atom. The molecule has 0 aromatic carbocycles. The van der Waals surface area contributed by atoms with Crippen LogP contribution in [0.3, 0.4) is 0 Å². The molecule has 0 amide bonds. The molecule has 9 heteroatoms. The summed E-state index contributed by atoms with van der Waals surface area (Å²) in [6.07, 6.45) is -10.2. The number of hydrogen-bond acceptors (Lipinski definition) is 1. The van der Waals surface area contributed by atoms with Crippen molar-refractivity contribution < 1.29 is 26.3 Å². The van der Waals surface area contributed by atoms with Gasteiger partial charge in [0.1, 0.15) is 5.69 Å². The molecule has 0 bridgehead atoms. The summed E-state index contributed by atoms with van der Waals surface area (Å²) in [6, 6.07) is 0. The summed E-state index contributed by atoms with van der Waals surface area (Å²) in [4.78, 5) is 0. The van der Waals surface area contributed by atoms with Gasteiger partial charge in [-0.3, -0.25) is 4.68 Å². The smallest absolute Gasteiger partial charge is 0.263 e. The third-order valence-electron chi connectivity index (χ3n) is 2.24. The van der Waals surface area contributed by atoms with Crippen LogP contribution in [0.4, 0.5) is 26.3 Å². The molecule has 1 aromatic rings. The third-order valence-corrected chi connectivity index (χ3v) is 2.51. The van der Waals surface area contributed by atoms with Gasteiger partial charge >= 0.3 is 12.4 Å². The molecule has 1 rings (SSSR count). The highest BCUT2D eigenvalue weighted by Gasteiger charge is 2.45. The van der Waals surface area contributed by atoms with E-state index in [1.165, 1.54) is 0 Å². The first-order chi connectivity index (χ1) is 8.09. The van der Waals surface area contributed by atoms with Crippen LogP contribution in [0.5, 0.6) is 0 Å². The molecule has 18 heavy (non-hydrogen) atoms. The average Bonchev–Trinajstić information content (AvgIpc) is 2.50. The van der Waals surface area contributed by atoms with Crippen molar-refractivity contribution in [2.24, 2.45) is 7.05 Å². The molecule has 0 aliphatic carbocycles. The van der Waals surface area contributed by atoms with Gasteiger partial charge in [0, 0.05) is 18.5 Å². The summed E-state index contributed by atoms with van der Waals surface area (Å²) in [6.45, 7) is 0. The normalized spacial score (nSPS) is 13.1. The van der Waals surface area contributed by atoms with Gasteiger partial charge in [0.15, 0.2) is 5.69 Å². The molecule has 0 radical (unpaired) electrons. The second kappa shape index (κ2) is 4.99. The highest BCUT2D eigenvalue weighted by atomic mass is 35.5. The molecule has 0 aliphatic rings. The molecule has 2 nitrogen and oxygen atoms in total. The second-order valence-corrected chi connectivity index (χ2v) is 3.97. The maximum absolute atomic E-state index is 12.7. The maximum atomic E-state index is 12.7. The van der Waals surface area contributed by atoms with Gasteiger partial charge in [-0.1, -0.05) is 0 Å². The Morgan fingerprint density at radius 3 is 2.06 bits per heavy atom. The standard InChI is InChI=1S/C9H9ClF6N2/c1-18-7(9(14,15)16)5(3-2-4-10)6(17-18)8(11,12)13/h2-4H2,1H3. The molecule has 0 N–H and O–H groups in total. The fraction of sp³-hybridized carbons (Fsp3) is 0.667. The van der Waals surface area contributed by atoms with Crippen LogP contribution in [0.1, 0.15) is 23.4 Å². The fourth-order valence-electron chi connectivity index (χ4n) is 1.63. The van der Waals surface area contributed by atoms with Gasteiger partial charge in [-0.25, -0.2) is 0 Å². The summed E-state index contributed by atoms with van der Waals surface area (Å²) < 4.78 is 76.0. The minimum atomic E-state index is -4.91. The molecular weight excluding hydrogens is 286 g/mol. The number of hydrogen-bond donors (Lipinski definition) is 0. The predicted octanol–water partition coefficient (Wildman–Crippen LogP) is 3.63. The van der Waals surface area contributed by atoms with E-state index in [2.05, 4.69) is 5.10 Å². The van der Waals surface area contributed by atoms with Crippen LogP contribution in [0.2, 0.25) is 0 Å². The molecule has 0 saturated carbocycles. The average molecular weight is 295 g/mol. The van der Waals surface area contributed by atoms with Crippen molar-refractivity contribution in [2.75, 3.05) is 5.88 Å². The van der Waals surface area contributed by atoms with Gasteiger partial charge in [-0.2, -0.15) is 31.4 Å². The van der Waals surface area contributed by atoms with Gasteiger partial charge < -0.3 is 0 Å². The molecule has 0 atom stereocenters. The molecule has 1 aromatic heterocycles. The van der Waals surface area contributed by atoms with Crippen LogP contribution in [-0.2, 0) is 25.8 Å². The molecule has 0 saturated heterocycles. The summed E-state index contributed by atoms with van der Waals surface area (Å²) in [5.74, 6) is -0.0243. The molecule has 0 spiro atoms. The Bertz CT molecular complexity index is 420. The van der Waals surface area contributed by atoms with Crippen molar-refractivity contribution in [3.63, 3.8) is 0 Å². The summed E-state index contributed by atoms with van der Waals surface area (Å²) in [7, 11) is 0.836. The number of nitrogens with zero attached hydrogens (tertiary/aromatic N) is 2. The van der Waals surface area contributed by atoms with Crippen LogP contribution < -0.4 is 0 Å². The zero-order valence-corrected chi connectivity index (χ0v) is 9.92. The Balaban J connectivity index is 3.38. The van der Waals surface area contributed by atoms with Crippen LogP contribution >= 0.6 is 11.6 Å². The van der Waals surface area contributed by atoms with Gasteiger partial charge in [-0.05, 0) is 12.8 Å². The first kappa shape index (κ1) is 15.1. The zero-order valence-electron chi connectivity index (χ0n) is 9.16. The van der Waals surface area contributed by atoms with Gasteiger partial charge in [0.25, 0.3) is 0 Å². The van der Waals surface area contributed by atoms with E-state index < -0.39 is 35.7 Å². The molecule has 0 fully saturated rings. The van der Waals surface area contributed by atoms with Gasteiger partial charge in [0.2, 0.25) is 0 Å². The van der Waals surface area contributed by atoms with Crippen molar-refractivity contribution >= 4 is 11.6 Å². The third kappa shape index (κ3) is 3.09. The molecule has 104 valence electrons. The van der Waals surface area contributed by atoms with Crippen LogP contribution in [0.25, 0.3) is 0 Å². The van der Waals surface area contributed by atoms with Gasteiger partial charge in [-0.15, -0.1) is 11.6 Å². The second-order valence-electron chi connectivity index (χ2n) is 3.59. The van der Waals surface area contributed by atoms with Crippen molar-refractivity contribution in [1.29, 1.82) is 0 Å². The van der Waals surface area contributed by atoms with E-state index in [9.17, 15) is 26.3 Å². The Labute approximate surface area is 104 Å². The molecular formula is C9H9ClF6N2. The van der Waals surface area contributed by atoms with E-state index in [0.29, 0.717) is 0 Å². The maximum Gasteiger partial charge on any atom is 0.435 e. The van der Waals surface area contributed by atoms with Crippen molar-refractivity contribution in [3.05, 3.63) is 17.0 Å². The lowest BCUT2D eigenvalue weighted by Gasteiger charge is -2.10. The Morgan fingerprint density at radius 2 is 1.67 bits per heavy atom. The van der Waals surface area contributed by atoms with Gasteiger partial charge in [0.05, 0.1) is 0 Å². The lowest BCUT2D eigenvalue weighted by Crippen LogP contribution is -2.15. The van der Waals surface area contributed by atoms with Crippen molar-refractivity contribution in [2.45, 2.75) is 25.2 Å². The van der Waals surface area contributed by atoms with Crippen molar-refractivity contribution in [1.82, 2.24) is 9.78 Å². The number of halogens is 7. The first-order valence-corrected chi connectivity index (χ1v) is 5.38. The lowest BCUT2D eigenvalue weighted by atomic mass is 10.1. The lowest BCUT2D eigenvalue weighted by molar-refractivity contribution is -0.145. The van der Waals surface area contributed by atoms with E-state index in [0.717, 1.165) is 7.05 Å². The minimum Gasteiger partial charge on any atom is -0.263 e. The van der Waals surface area contributed by atoms with E-state index in [-0.39, 0.29) is 17.0 Å². The summed E-state index contributed by atoms with van der Waals surface area (Å²) >= 11 is 5.30. The topological polar surface area (TPSA) is 17.8 Å².